The Balaban J connectivity index is 1.43. The summed E-state index contributed by atoms with van der Waals surface area (Å²) in [6.45, 7) is 0. The first kappa shape index (κ1) is 21.5. The highest BCUT2D eigenvalue weighted by atomic mass is 32.2. The van der Waals surface area contributed by atoms with Gasteiger partial charge in [-0.25, -0.2) is 13.1 Å². The summed E-state index contributed by atoms with van der Waals surface area (Å²) in [5.74, 6) is 0.617. The lowest BCUT2D eigenvalue weighted by molar-refractivity contribution is 0.411. The van der Waals surface area contributed by atoms with Crippen molar-refractivity contribution in [3.05, 3.63) is 65.7 Å². The quantitative estimate of drug-likeness (QED) is 0.614. The van der Waals surface area contributed by atoms with E-state index in [2.05, 4.69) is 65.5 Å². The first-order valence-corrected chi connectivity index (χ1v) is 13.3. The van der Waals surface area contributed by atoms with Gasteiger partial charge in [-0.3, -0.25) is 0 Å². The zero-order valence-corrected chi connectivity index (χ0v) is 19.7. The van der Waals surface area contributed by atoms with Gasteiger partial charge in [0, 0.05) is 37.4 Å². The van der Waals surface area contributed by atoms with Gasteiger partial charge in [0.05, 0.1) is 10.9 Å². The molecule has 0 bridgehead atoms. The minimum absolute atomic E-state index is 0.0662. The summed E-state index contributed by atoms with van der Waals surface area (Å²) in [5.41, 5.74) is 4.59. The van der Waals surface area contributed by atoms with Gasteiger partial charge in [-0.1, -0.05) is 43.5 Å². The highest BCUT2D eigenvalue weighted by Gasteiger charge is 2.38. The van der Waals surface area contributed by atoms with Crippen LogP contribution in [0.15, 0.2) is 59.5 Å². The fraction of sp³-hybridized carbons (Fsp3) is 0.462. The molecule has 6 heteroatoms. The third kappa shape index (κ3) is 4.06. The van der Waals surface area contributed by atoms with Crippen molar-refractivity contribution in [2.24, 2.45) is 5.92 Å². The normalized spacial score (nSPS) is 25.1. The lowest BCUT2D eigenvalue weighted by atomic mass is 9.77. The molecular weight excluding hydrogens is 418 g/mol. The second kappa shape index (κ2) is 8.56. The van der Waals surface area contributed by atoms with Crippen LogP contribution in [0.3, 0.4) is 0 Å². The molecule has 0 amide bonds. The van der Waals surface area contributed by atoms with Crippen molar-refractivity contribution in [2.75, 3.05) is 24.3 Å². The number of hydrogen-bond acceptors (Lipinski definition) is 4. The van der Waals surface area contributed by atoms with Crippen LogP contribution in [0.4, 0.5) is 11.4 Å². The Morgan fingerprint density at radius 1 is 1.00 bits per heavy atom. The van der Waals surface area contributed by atoms with Crippen LogP contribution in [0.2, 0.25) is 0 Å². The van der Waals surface area contributed by atoms with Crippen LogP contribution in [0.5, 0.6) is 0 Å². The third-order valence-electron chi connectivity index (χ3n) is 7.34. The van der Waals surface area contributed by atoms with E-state index in [0.29, 0.717) is 10.8 Å². The van der Waals surface area contributed by atoms with Gasteiger partial charge in [-0.15, -0.1) is 0 Å². The SMILES string of the molecule is CN(C)c1ccc(C2Nc3ccc(S(=O)(=O)NC4CCCCC4)cc3C3C=CCC32)cc1. The van der Waals surface area contributed by atoms with Crippen LogP contribution in [-0.2, 0) is 10.0 Å². The maximum absolute atomic E-state index is 13.1. The average molecular weight is 452 g/mol. The van der Waals surface area contributed by atoms with Crippen LogP contribution >= 0.6 is 0 Å². The average Bonchev–Trinajstić information content (AvgIpc) is 3.29. The van der Waals surface area contributed by atoms with E-state index in [4.69, 9.17) is 0 Å². The number of fused-ring (bicyclic) bond motifs is 3. The second-order valence-electron chi connectivity index (χ2n) is 9.67. The van der Waals surface area contributed by atoms with E-state index >= 15 is 0 Å². The standard InChI is InChI=1S/C26H33N3O2S/c1-29(2)20-13-11-18(12-14-20)26-23-10-6-9-22(23)24-17-21(15-16-25(24)27-26)32(30,31)28-19-7-4-3-5-8-19/h6,9,11-17,19,22-23,26-28H,3-5,7-8,10H2,1-2H3. The largest absolute Gasteiger partial charge is 0.378 e. The Bertz CT molecular complexity index is 1100. The number of anilines is 2. The molecular formula is C26H33N3O2S. The van der Waals surface area contributed by atoms with Crippen molar-refractivity contribution in [3.8, 4) is 0 Å². The number of benzene rings is 2. The summed E-state index contributed by atoms with van der Waals surface area (Å²) in [6, 6.07) is 14.6. The maximum atomic E-state index is 13.1. The van der Waals surface area contributed by atoms with E-state index in [0.717, 1.165) is 43.4 Å². The van der Waals surface area contributed by atoms with Crippen molar-refractivity contribution in [1.82, 2.24) is 4.72 Å². The molecule has 2 N–H and O–H groups in total. The molecule has 3 unspecified atom stereocenters. The molecule has 170 valence electrons. The van der Waals surface area contributed by atoms with Crippen LogP contribution in [0, 0.1) is 5.92 Å². The van der Waals surface area contributed by atoms with Gasteiger partial charge in [0.25, 0.3) is 0 Å². The van der Waals surface area contributed by atoms with Crippen molar-refractivity contribution in [3.63, 3.8) is 0 Å². The van der Waals surface area contributed by atoms with Crippen LogP contribution in [0.25, 0.3) is 0 Å². The molecule has 32 heavy (non-hydrogen) atoms. The molecule has 0 spiro atoms. The number of allylic oxidation sites excluding steroid dienone is 2. The van der Waals surface area contributed by atoms with Gasteiger partial charge in [-0.2, -0.15) is 0 Å². The molecule has 3 atom stereocenters. The highest BCUT2D eigenvalue weighted by molar-refractivity contribution is 7.89. The van der Waals surface area contributed by atoms with Gasteiger partial charge in [0.1, 0.15) is 0 Å². The van der Waals surface area contributed by atoms with E-state index in [9.17, 15) is 8.42 Å². The predicted molar refractivity (Wildman–Crippen MR) is 131 cm³/mol. The molecule has 3 aliphatic rings. The van der Waals surface area contributed by atoms with Crippen LogP contribution < -0.4 is 14.9 Å². The Hall–Kier alpha value is -2.31. The molecule has 1 heterocycles. The summed E-state index contributed by atoms with van der Waals surface area (Å²) < 4.78 is 29.2. The van der Waals surface area contributed by atoms with E-state index in [1.807, 2.05) is 12.1 Å². The van der Waals surface area contributed by atoms with E-state index < -0.39 is 10.0 Å². The fourth-order valence-corrected chi connectivity index (χ4v) is 6.90. The summed E-state index contributed by atoms with van der Waals surface area (Å²) in [4.78, 5) is 2.49. The van der Waals surface area contributed by atoms with Crippen LogP contribution in [-0.4, -0.2) is 28.6 Å². The molecule has 0 aromatic heterocycles. The molecule has 2 aromatic rings. The Kier molecular flexibility index (Phi) is 5.76. The summed E-state index contributed by atoms with van der Waals surface area (Å²) in [7, 11) is 0.596. The van der Waals surface area contributed by atoms with Gasteiger partial charge >= 0.3 is 0 Å². The maximum Gasteiger partial charge on any atom is 0.240 e. The molecule has 2 aliphatic carbocycles. The van der Waals surface area contributed by atoms with Crippen molar-refractivity contribution < 1.29 is 8.42 Å². The summed E-state index contributed by atoms with van der Waals surface area (Å²) in [6.07, 6.45) is 10.8. The summed E-state index contributed by atoms with van der Waals surface area (Å²) >= 11 is 0. The smallest absolute Gasteiger partial charge is 0.240 e. The minimum Gasteiger partial charge on any atom is -0.378 e. The Morgan fingerprint density at radius 2 is 1.75 bits per heavy atom. The van der Waals surface area contributed by atoms with Gasteiger partial charge in [0.2, 0.25) is 10.0 Å². The van der Waals surface area contributed by atoms with Crippen molar-refractivity contribution in [1.29, 1.82) is 0 Å². The van der Waals surface area contributed by atoms with Crippen LogP contribution in [0.1, 0.15) is 61.6 Å². The third-order valence-corrected chi connectivity index (χ3v) is 8.86. The van der Waals surface area contributed by atoms with E-state index in [1.54, 1.807) is 6.07 Å². The molecule has 0 radical (unpaired) electrons. The molecule has 1 saturated carbocycles. The molecule has 1 aliphatic heterocycles. The van der Waals surface area contributed by atoms with Gasteiger partial charge in [-0.05, 0) is 66.6 Å². The van der Waals surface area contributed by atoms with Gasteiger partial charge in [0.15, 0.2) is 0 Å². The Morgan fingerprint density at radius 3 is 2.47 bits per heavy atom. The second-order valence-corrected chi connectivity index (χ2v) is 11.4. The fourth-order valence-electron chi connectivity index (χ4n) is 5.56. The lowest BCUT2D eigenvalue weighted by Gasteiger charge is -2.38. The number of sulfonamides is 1. The zero-order chi connectivity index (χ0) is 22.3. The molecule has 2 aromatic carbocycles. The van der Waals surface area contributed by atoms with E-state index in [-0.39, 0.29) is 18.0 Å². The Labute approximate surface area is 192 Å². The minimum atomic E-state index is -3.51. The monoisotopic (exact) mass is 451 g/mol. The van der Waals surface area contributed by atoms with E-state index in [1.165, 1.54) is 17.7 Å². The number of rotatable bonds is 5. The first-order valence-electron chi connectivity index (χ1n) is 11.8. The summed E-state index contributed by atoms with van der Waals surface area (Å²) in [5, 5.41) is 3.72. The van der Waals surface area contributed by atoms with Crippen molar-refractivity contribution >= 4 is 21.4 Å². The van der Waals surface area contributed by atoms with Crippen molar-refractivity contribution in [2.45, 2.75) is 61.4 Å². The molecule has 5 rings (SSSR count). The number of nitrogens with zero attached hydrogens (tertiary/aromatic N) is 1. The molecule has 0 saturated heterocycles. The predicted octanol–water partition coefficient (Wildman–Crippen LogP) is 5.19. The lowest BCUT2D eigenvalue weighted by Crippen LogP contribution is -2.36. The topological polar surface area (TPSA) is 61.4 Å². The molecule has 5 nitrogen and oxygen atoms in total. The number of hydrogen-bond donors (Lipinski definition) is 2. The molecule has 1 fully saturated rings. The first-order chi connectivity index (χ1) is 15.4. The zero-order valence-electron chi connectivity index (χ0n) is 18.9. The number of nitrogens with one attached hydrogen (secondary N) is 2. The van der Waals surface area contributed by atoms with Gasteiger partial charge < -0.3 is 10.2 Å². The highest BCUT2D eigenvalue weighted by Crippen LogP contribution is 2.50.